The van der Waals surface area contributed by atoms with Crippen molar-refractivity contribution < 1.29 is 9.53 Å². The first-order valence-corrected chi connectivity index (χ1v) is 9.91. The molecule has 4 nitrogen and oxygen atoms in total. The molecule has 1 fully saturated rings. The molecular weight excluding hydrogens is 324 g/mol. The highest BCUT2D eigenvalue weighted by atomic mass is 16.5. The minimum Gasteiger partial charge on any atom is -0.497 e. The second-order valence-corrected chi connectivity index (χ2v) is 7.77. The smallest absolute Gasteiger partial charge is 0.226 e. The monoisotopic (exact) mass is 356 g/mol. The molecule has 1 amide bonds. The fourth-order valence-electron chi connectivity index (χ4n) is 4.19. The van der Waals surface area contributed by atoms with Gasteiger partial charge in [0.05, 0.1) is 7.11 Å². The summed E-state index contributed by atoms with van der Waals surface area (Å²) in [6.07, 6.45) is 9.65. The summed E-state index contributed by atoms with van der Waals surface area (Å²) in [5.74, 6) is 2.03. The van der Waals surface area contributed by atoms with Gasteiger partial charge >= 0.3 is 0 Å². The first-order valence-electron chi connectivity index (χ1n) is 9.91. The third kappa shape index (κ3) is 5.10. The molecule has 1 aromatic carbocycles. The quantitative estimate of drug-likeness (QED) is 0.702. The second kappa shape index (κ2) is 9.22. The van der Waals surface area contributed by atoms with Crippen molar-refractivity contribution in [3.63, 3.8) is 0 Å². The lowest BCUT2D eigenvalue weighted by molar-refractivity contribution is -0.134. The maximum absolute atomic E-state index is 12.5. The van der Waals surface area contributed by atoms with Gasteiger partial charge in [0.15, 0.2) is 0 Å². The molecule has 142 valence electrons. The first kappa shape index (κ1) is 19.0. The van der Waals surface area contributed by atoms with Gasteiger partial charge in [-0.25, -0.2) is 0 Å². The van der Waals surface area contributed by atoms with Crippen LogP contribution in [0.5, 0.6) is 5.75 Å². The van der Waals surface area contributed by atoms with E-state index in [4.69, 9.17) is 4.74 Å². The number of rotatable bonds is 7. The Morgan fingerprint density at radius 1 is 1.23 bits per heavy atom. The largest absolute Gasteiger partial charge is 0.497 e. The van der Waals surface area contributed by atoms with Crippen LogP contribution >= 0.6 is 0 Å². The molecule has 1 heterocycles. The Bertz CT molecular complexity index is 603. The third-order valence-corrected chi connectivity index (χ3v) is 5.74. The summed E-state index contributed by atoms with van der Waals surface area (Å²) in [6.45, 7) is 4.27. The number of likely N-dealkylation sites (tertiary alicyclic amines) is 1. The number of allylic oxidation sites excluding steroid dienone is 2. The zero-order valence-corrected chi connectivity index (χ0v) is 16.2. The minimum absolute atomic E-state index is 0.190. The lowest BCUT2D eigenvalue weighted by Gasteiger charge is -2.35. The van der Waals surface area contributed by atoms with Crippen molar-refractivity contribution in [3.05, 3.63) is 42.0 Å². The van der Waals surface area contributed by atoms with Gasteiger partial charge in [-0.3, -0.25) is 4.79 Å². The Morgan fingerprint density at radius 2 is 1.96 bits per heavy atom. The summed E-state index contributed by atoms with van der Waals surface area (Å²) < 4.78 is 5.22. The van der Waals surface area contributed by atoms with Gasteiger partial charge in [0.2, 0.25) is 5.91 Å². The molecule has 3 rings (SSSR count). The van der Waals surface area contributed by atoms with Crippen LogP contribution in [0, 0.1) is 11.8 Å². The van der Waals surface area contributed by atoms with Crippen molar-refractivity contribution in [2.75, 3.05) is 40.3 Å². The van der Waals surface area contributed by atoms with Gasteiger partial charge in [-0.1, -0.05) is 24.3 Å². The Morgan fingerprint density at radius 3 is 2.65 bits per heavy atom. The molecule has 1 aliphatic heterocycles. The summed E-state index contributed by atoms with van der Waals surface area (Å²) in [6, 6.07) is 8.38. The van der Waals surface area contributed by atoms with Gasteiger partial charge in [0.25, 0.3) is 0 Å². The Labute approximate surface area is 157 Å². The van der Waals surface area contributed by atoms with Gasteiger partial charge in [-0.15, -0.1) is 0 Å². The highest BCUT2D eigenvalue weighted by Crippen LogP contribution is 2.23. The molecule has 1 aromatic rings. The van der Waals surface area contributed by atoms with Gasteiger partial charge in [-0.05, 0) is 62.3 Å². The predicted molar refractivity (Wildman–Crippen MR) is 105 cm³/mol. The first-order chi connectivity index (χ1) is 12.7. The molecule has 1 atom stereocenters. The molecule has 1 saturated heterocycles. The fourth-order valence-corrected chi connectivity index (χ4v) is 4.19. The van der Waals surface area contributed by atoms with E-state index in [1.807, 2.05) is 24.1 Å². The third-order valence-electron chi connectivity index (χ3n) is 5.74. The van der Waals surface area contributed by atoms with Gasteiger partial charge in [-0.2, -0.15) is 0 Å². The molecule has 2 aliphatic rings. The average molecular weight is 357 g/mol. The number of carbonyl (C=O) groups excluding carboxylic acids is 1. The van der Waals surface area contributed by atoms with E-state index in [0.717, 1.165) is 44.6 Å². The zero-order chi connectivity index (χ0) is 18.4. The van der Waals surface area contributed by atoms with Crippen LogP contribution in [0.25, 0.3) is 0 Å². The Kier molecular flexibility index (Phi) is 6.73. The van der Waals surface area contributed by atoms with Crippen LogP contribution in [0.4, 0.5) is 0 Å². The number of methoxy groups -OCH3 is 1. The summed E-state index contributed by atoms with van der Waals surface area (Å²) in [5.41, 5.74) is 1.36. The van der Waals surface area contributed by atoms with Crippen LogP contribution < -0.4 is 4.74 Å². The summed E-state index contributed by atoms with van der Waals surface area (Å²) in [5, 5.41) is 0. The van der Waals surface area contributed by atoms with Crippen LogP contribution in [0.2, 0.25) is 0 Å². The Balaban J connectivity index is 1.43. The van der Waals surface area contributed by atoms with Crippen molar-refractivity contribution in [3.8, 4) is 5.75 Å². The molecule has 0 radical (unpaired) electrons. The van der Waals surface area contributed by atoms with Gasteiger partial charge in [0.1, 0.15) is 5.75 Å². The number of hydrogen-bond acceptors (Lipinski definition) is 3. The highest BCUT2D eigenvalue weighted by Gasteiger charge is 2.26. The van der Waals surface area contributed by atoms with E-state index >= 15 is 0 Å². The summed E-state index contributed by atoms with van der Waals surface area (Å²) >= 11 is 0. The lowest BCUT2D eigenvalue weighted by Crippen LogP contribution is -2.43. The van der Waals surface area contributed by atoms with Gasteiger partial charge < -0.3 is 14.5 Å². The van der Waals surface area contributed by atoms with E-state index in [1.54, 1.807) is 7.11 Å². The normalized spacial score (nSPS) is 21.1. The predicted octanol–water partition coefficient (Wildman–Crippen LogP) is 3.37. The number of hydrogen-bond donors (Lipinski definition) is 0. The molecule has 0 saturated carbocycles. The summed E-state index contributed by atoms with van der Waals surface area (Å²) in [4.78, 5) is 17.1. The standard InChI is InChI=1S/C22H32N2O2/c1-23(22(25)20-7-3-4-8-20)16-19-6-5-14-24(17-19)15-13-18-9-11-21(26-2)12-10-18/h3-4,9-12,19-20H,5-8,13-17H2,1-2H3. The number of carbonyl (C=O) groups is 1. The van der Waals surface area contributed by atoms with E-state index in [9.17, 15) is 4.79 Å². The maximum Gasteiger partial charge on any atom is 0.226 e. The molecule has 26 heavy (non-hydrogen) atoms. The van der Waals surface area contributed by atoms with Crippen molar-refractivity contribution in [1.29, 1.82) is 0 Å². The van der Waals surface area contributed by atoms with E-state index < -0.39 is 0 Å². The SMILES string of the molecule is COc1ccc(CCN2CCCC(CN(C)C(=O)C3CC=CC3)C2)cc1. The van der Waals surface area contributed by atoms with E-state index in [0.29, 0.717) is 11.8 Å². The summed E-state index contributed by atoms with van der Waals surface area (Å²) in [7, 11) is 3.69. The number of ether oxygens (including phenoxy) is 1. The second-order valence-electron chi connectivity index (χ2n) is 7.77. The van der Waals surface area contributed by atoms with Crippen LogP contribution in [0.1, 0.15) is 31.2 Å². The van der Waals surface area contributed by atoms with Crippen LogP contribution in [0.3, 0.4) is 0 Å². The van der Waals surface area contributed by atoms with E-state index in [2.05, 4.69) is 29.2 Å². The minimum atomic E-state index is 0.190. The molecule has 0 spiro atoms. The number of piperidine rings is 1. The zero-order valence-electron chi connectivity index (χ0n) is 16.2. The van der Waals surface area contributed by atoms with Crippen molar-refractivity contribution >= 4 is 5.91 Å². The highest BCUT2D eigenvalue weighted by molar-refractivity contribution is 5.79. The topological polar surface area (TPSA) is 32.8 Å². The van der Waals surface area contributed by atoms with E-state index in [1.165, 1.54) is 24.9 Å². The molecule has 4 heteroatoms. The molecule has 0 aromatic heterocycles. The van der Waals surface area contributed by atoms with Crippen molar-refractivity contribution in [2.45, 2.75) is 32.1 Å². The molecule has 0 N–H and O–H groups in total. The number of nitrogens with zero attached hydrogens (tertiary/aromatic N) is 2. The molecular formula is C22H32N2O2. The van der Waals surface area contributed by atoms with Crippen LogP contribution in [-0.2, 0) is 11.2 Å². The van der Waals surface area contributed by atoms with Crippen LogP contribution in [0.15, 0.2) is 36.4 Å². The molecule has 0 bridgehead atoms. The van der Waals surface area contributed by atoms with Crippen LogP contribution in [-0.4, -0.2) is 56.0 Å². The van der Waals surface area contributed by atoms with Crippen molar-refractivity contribution in [1.82, 2.24) is 9.80 Å². The van der Waals surface area contributed by atoms with Crippen molar-refractivity contribution in [2.24, 2.45) is 11.8 Å². The fraction of sp³-hybridized carbons (Fsp3) is 0.591. The lowest BCUT2D eigenvalue weighted by atomic mass is 9.96. The van der Waals surface area contributed by atoms with Gasteiger partial charge in [0, 0.05) is 32.6 Å². The molecule has 1 aliphatic carbocycles. The van der Waals surface area contributed by atoms with E-state index in [-0.39, 0.29) is 5.92 Å². The molecule has 1 unspecified atom stereocenters. The number of benzene rings is 1. The number of amides is 1. The maximum atomic E-state index is 12.5. The Hall–Kier alpha value is -1.81. The average Bonchev–Trinajstić information content (AvgIpc) is 3.21.